The predicted octanol–water partition coefficient (Wildman–Crippen LogP) is 1.36. The summed E-state index contributed by atoms with van der Waals surface area (Å²) in [6, 6.07) is 6.07. The van der Waals surface area contributed by atoms with Crippen LogP contribution >= 0.6 is 0 Å². The Morgan fingerprint density at radius 2 is 1.70 bits per heavy atom. The van der Waals surface area contributed by atoms with Gasteiger partial charge in [0.2, 0.25) is 0 Å². The molecule has 0 fully saturated rings. The molecule has 0 radical (unpaired) electrons. The average Bonchev–Trinajstić information content (AvgIpc) is 1.90. The van der Waals surface area contributed by atoms with Gasteiger partial charge in [-0.3, -0.25) is 9.50 Å². The van der Waals surface area contributed by atoms with Crippen molar-refractivity contribution in [2.45, 2.75) is 0 Å². The van der Waals surface area contributed by atoms with Crippen molar-refractivity contribution in [3.05, 3.63) is 29.8 Å². The molecule has 54 valence electrons. The molecule has 0 aliphatic carbocycles. The Balaban J connectivity index is 0.000000810. The smallest absolute Gasteiger partial charge is 0.150 e. The van der Waals surface area contributed by atoms with Crippen LogP contribution in [0.3, 0.4) is 0 Å². The minimum atomic E-state index is 0. The first-order chi connectivity index (χ1) is 4.33. The topological polar surface area (TPSA) is 37.3 Å². The van der Waals surface area contributed by atoms with Crippen molar-refractivity contribution in [1.82, 2.24) is 0 Å². The highest BCUT2D eigenvalue weighted by atomic mass is 19.0. The maximum atomic E-state index is 10.0. The summed E-state index contributed by atoms with van der Waals surface area (Å²) in [6.07, 6.45) is 0.736. The van der Waals surface area contributed by atoms with E-state index in [1.807, 2.05) is 0 Å². The summed E-state index contributed by atoms with van der Waals surface area (Å²) < 4.78 is 0. The summed E-state index contributed by atoms with van der Waals surface area (Å²) >= 11 is 0. The van der Waals surface area contributed by atoms with Crippen LogP contribution in [0, 0.1) is 0 Å². The molecule has 0 unspecified atom stereocenters. The fourth-order valence-electron chi connectivity index (χ4n) is 0.553. The number of carbonyl (C=O) groups excluding carboxylic acids is 1. The molecule has 2 nitrogen and oxygen atoms in total. The van der Waals surface area contributed by atoms with E-state index in [2.05, 4.69) is 0 Å². The van der Waals surface area contributed by atoms with Crippen molar-refractivity contribution in [3.63, 3.8) is 0 Å². The number of carbonyl (C=O) groups is 1. The molecule has 0 bridgehead atoms. The molecule has 0 aliphatic heterocycles. The van der Waals surface area contributed by atoms with Gasteiger partial charge in [0.05, 0.1) is 0 Å². The maximum Gasteiger partial charge on any atom is 0.150 e. The number of phenolic OH excluding ortho intramolecular Hbond substituents is 1. The number of halogens is 1. The van der Waals surface area contributed by atoms with Crippen LogP contribution in [0.15, 0.2) is 24.3 Å². The first-order valence-corrected chi connectivity index (χ1v) is 2.57. The molecular weight excluding hydrogens is 135 g/mol. The predicted molar refractivity (Wildman–Crippen MR) is 36.0 cm³/mol. The third-order valence-electron chi connectivity index (χ3n) is 1.03. The van der Waals surface area contributed by atoms with E-state index in [0.717, 1.165) is 6.29 Å². The third kappa shape index (κ3) is 1.85. The minimum absolute atomic E-state index is 0. The van der Waals surface area contributed by atoms with Crippen molar-refractivity contribution in [2.24, 2.45) is 0 Å². The highest BCUT2D eigenvalue weighted by molar-refractivity contribution is 5.74. The monoisotopic (exact) mass is 142 g/mol. The zero-order chi connectivity index (χ0) is 6.69. The Morgan fingerprint density at radius 1 is 1.20 bits per heavy atom. The first kappa shape index (κ1) is 8.62. The quantitative estimate of drug-likeness (QED) is 0.601. The van der Waals surface area contributed by atoms with E-state index in [-0.39, 0.29) is 10.5 Å². The number of rotatable bonds is 1. The van der Waals surface area contributed by atoms with Gasteiger partial charge in [-0.05, 0) is 24.3 Å². The fraction of sp³-hybridized carbons (Fsp3) is 0. The molecule has 0 atom stereocenters. The third-order valence-corrected chi connectivity index (χ3v) is 1.03. The number of benzene rings is 1. The Bertz CT molecular complexity index is 205. The van der Waals surface area contributed by atoms with Crippen LogP contribution in [0.4, 0.5) is 4.70 Å². The van der Waals surface area contributed by atoms with Gasteiger partial charge in [0, 0.05) is 5.56 Å². The lowest BCUT2D eigenvalue weighted by Gasteiger charge is -1.88. The van der Waals surface area contributed by atoms with Crippen molar-refractivity contribution in [3.8, 4) is 5.75 Å². The minimum Gasteiger partial charge on any atom is -0.508 e. The number of aldehydes is 1. The molecule has 0 aromatic heterocycles. The van der Waals surface area contributed by atoms with Crippen LogP contribution < -0.4 is 0 Å². The molecule has 0 aliphatic rings. The summed E-state index contributed by atoms with van der Waals surface area (Å²) in [4.78, 5) is 10.0. The molecule has 0 heterocycles. The Hall–Kier alpha value is -1.38. The summed E-state index contributed by atoms with van der Waals surface area (Å²) in [5, 5.41) is 8.74. The van der Waals surface area contributed by atoms with E-state index in [1.165, 1.54) is 12.1 Å². The lowest BCUT2D eigenvalue weighted by molar-refractivity contribution is 0.112. The van der Waals surface area contributed by atoms with Gasteiger partial charge >= 0.3 is 0 Å². The van der Waals surface area contributed by atoms with Crippen LogP contribution in [0.25, 0.3) is 0 Å². The van der Waals surface area contributed by atoms with Gasteiger partial charge in [-0.1, -0.05) is 0 Å². The number of hydrogen-bond donors (Lipinski definition) is 1. The Kier molecular flexibility index (Phi) is 3.11. The van der Waals surface area contributed by atoms with Crippen LogP contribution in [-0.2, 0) is 0 Å². The molecule has 1 N–H and O–H groups in total. The molecular formula is C7H7FO2. The van der Waals surface area contributed by atoms with E-state index in [9.17, 15) is 4.79 Å². The average molecular weight is 142 g/mol. The largest absolute Gasteiger partial charge is 0.508 e. The molecule has 1 rings (SSSR count). The van der Waals surface area contributed by atoms with Crippen LogP contribution in [0.2, 0.25) is 0 Å². The summed E-state index contributed by atoms with van der Waals surface area (Å²) in [6.45, 7) is 0. The van der Waals surface area contributed by atoms with Crippen molar-refractivity contribution >= 4 is 6.29 Å². The lowest BCUT2D eigenvalue weighted by Crippen LogP contribution is -1.74. The summed E-state index contributed by atoms with van der Waals surface area (Å²) in [7, 11) is 0. The number of aromatic hydroxyl groups is 1. The van der Waals surface area contributed by atoms with Gasteiger partial charge in [-0.25, -0.2) is 0 Å². The summed E-state index contributed by atoms with van der Waals surface area (Å²) in [5.41, 5.74) is 0.577. The maximum absolute atomic E-state index is 10.0. The molecule has 10 heavy (non-hydrogen) atoms. The number of hydrogen-bond acceptors (Lipinski definition) is 2. The second-order valence-electron chi connectivity index (χ2n) is 1.71. The van der Waals surface area contributed by atoms with Crippen LogP contribution in [0.1, 0.15) is 10.4 Å². The Labute approximate surface area is 57.5 Å². The van der Waals surface area contributed by atoms with E-state index >= 15 is 0 Å². The van der Waals surface area contributed by atoms with Crippen LogP contribution in [0.5, 0.6) is 5.75 Å². The SMILES string of the molecule is F.O=Cc1ccc(O)cc1. The van der Waals surface area contributed by atoms with E-state index in [4.69, 9.17) is 5.11 Å². The number of phenols is 1. The summed E-state index contributed by atoms with van der Waals surface area (Å²) in [5.74, 6) is 0.181. The van der Waals surface area contributed by atoms with E-state index in [1.54, 1.807) is 12.1 Å². The highest BCUT2D eigenvalue weighted by Crippen LogP contribution is 2.07. The highest BCUT2D eigenvalue weighted by Gasteiger charge is 1.86. The van der Waals surface area contributed by atoms with Crippen molar-refractivity contribution < 1.29 is 14.6 Å². The molecule has 0 saturated carbocycles. The molecule has 0 saturated heterocycles. The van der Waals surface area contributed by atoms with Gasteiger partial charge in [-0.2, -0.15) is 0 Å². The second-order valence-corrected chi connectivity index (χ2v) is 1.71. The zero-order valence-corrected chi connectivity index (χ0v) is 5.15. The lowest BCUT2D eigenvalue weighted by atomic mass is 10.2. The molecule has 1 aromatic rings. The van der Waals surface area contributed by atoms with Gasteiger partial charge in [0.1, 0.15) is 12.0 Å². The standard InChI is InChI=1S/C7H6O2.FH/c8-5-6-1-3-7(9)4-2-6;/h1-5,9H;1H. The second kappa shape index (κ2) is 3.61. The first-order valence-electron chi connectivity index (χ1n) is 2.57. The zero-order valence-electron chi connectivity index (χ0n) is 5.15. The van der Waals surface area contributed by atoms with Gasteiger partial charge in [0.25, 0.3) is 0 Å². The van der Waals surface area contributed by atoms with Gasteiger partial charge in [-0.15, -0.1) is 0 Å². The van der Waals surface area contributed by atoms with E-state index < -0.39 is 0 Å². The normalized spacial score (nSPS) is 8.00. The van der Waals surface area contributed by atoms with Crippen LogP contribution in [-0.4, -0.2) is 11.4 Å². The molecule has 0 spiro atoms. The van der Waals surface area contributed by atoms with Gasteiger partial charge < -0.3 is 5.11 Å². The van der Waals surface area contributed by atoms with E-state index in [0.29, 0.717) is 5.56 Å². The van der Waals surface area contributed by atoms with Crippen molar-refractivity contribution in [1.29, 1.82) is 0 Å². The molecule has 0 amide bonds. The molecule has 1 aromatic carbocycles. The molecule has 3 heteroatoms. The van der Waals surface area contributed by atoms with Gasteiger partial charge in [0.15, 0.2) is 0 Å². The fourth-order valence-corrected chi connectivity index (χ4v) is 0.553. The van der Waals surface area contributed by atoms with Crippen molar-refractivity contribution in [2.75, 3.05) is 0 Å². The Morgan fingerprint density at radius 3 is 2.10 bits per heavy atom.